The van der Waals surface area contributed by atoms with Crippen molar-refractivity contribution in [3.05, 3.63) is 83.3 Å². The molecule has 2 aromatic carbocycles. The number of aromatic nitrogens is 5. The quantitative estimate of drug-likeness (QED) is 0.433. The number of rotatable bonds is 6. The number of esters is 2. The van der Waals surface area contributed by atoms with Crippen LogP contribution in [0.1, 0.15) is 32.1 Å². The maximum absolute atomic E-state index is 12.4. The van der Waals surface area contributed by atoms with Gasteiger partial charge in [-0.25, -0.2) is 19.0 Å². The molecule has 2 heterocycles. The Hall–Kier alpha value is -4.27. The van der Waals surface area contributed by atoms with Crippen LogP contribution in [0.5, 0.6) is 0 Å². The molecule has 32 heavy (non-hydrogen) atoms. The van der Waals surface area contributed by atoms with Gasteiger partial charge in [-0.15, -0.1) is 5.10 Å². The smallest absolute Gasteiger partial charge is 0.361 e. The monoisotopic (exact) mass is 431 g/mol. The number of carbonyl (C=O) groups is 2. The first kappa shape index (κ1) is 21.0. The normalized spacial score (nSPS) is 10.7. The Bertz CT molecular complexity index is 1260. The molecule has 9 heteroatoms. The third-order valence-electron chi connectivity index (χ3n) is 4.95. The van der Waals surface area contributed by atoms with Crippen LogP contribution in [0.2, 0.25) is 0 Å². The molecule has 0 spiro atoms. The summed E-state index contributed by atoms with van der Waals surface area (Å²) in [6, 6.07) is 17.7. The Morgan fingerprint density at radius 1 is 0.938 bits per heavy atom. The van der Waals surface area contributed by atoms with Crippen molar-refractivity contribution in [2.45, 2.75) is 13.5 Å². The third-order valence-corrected chi connectivity index (χ3v) is 4.95. The van der Waals surface area contributed by atoms with Crippen LogP contribution in [0.3, 0.4) is 0 Å². The number of carbonyl (C=O) groups excluding carboxylic acids is 2. The van der Waals surface area contributed by atoms with Crippen molar-refractivity contribution in [2.24, 2.45) is 0 Å². The van der Waals surface area contributed by atoms with E-state index < -0.39 is 11.9 Å². The van der Waals surface area contributed by atoms with Crippen LogP contribution in [0.15, 0.2) is 60.8 Å². The van der Waals surface area contributed by atoms with Crippen molar-refractivity contribution in [3.8, 4) is 16.9 Å². The van der Waals surface area contributed by atoms with Crippen LogP contribution >= 0.6 is 0 Å². The van der Waals surface area contributed by atoms with Crippen molar-refractivity contribution >= 4 is 11.9 Å². The second-order valence-corrected chi connectivity index (χ2v) is 7.08. The van der Waals surface area contributed by atoms with Gasteiger partial charge in [0.2, 0.25) is 5.69 Å². The van der Waals surface area contributed by atoms with Crippen molar-refractivity contribution in [1.82, 2.24) is 24.8 Å². The zero-order valence-corrected chi connectivity index (χ0v) is 17.8. The summed E-state index contributed by atoms with van der Waals surface area (Å²) < 4.78 is 12.7. The van der Waals surface area contributed by atoms with E-state index in [2.05, 4.69) is 10.3 Å². The van der Waals surface area contributed by atoms with Crippen LogP contribution in [0.25, 0.3) is 16.9 Å². The van der Waals surface area contributed by atoms with Gasteiger partial charge < -0.3 is 9.47 Å². The molecule has 4 aromatic rings. The minimum absolute atomic E-state index is 0.0818. The molecule has 0 fully saturated rings. The fraction of sp³-hybridized carbons (Fsp3) is 0.174. The second kappa shape index (κ2) is 8.84. The van der Waals surface area contributed by atoms with Crippen molar-refractivity contribution in [1.29, 1.82) is 0 Å². The molecule has 0 N–H and O–H groups in total. The zero-order chi connectivity index (χ0) is 22.7. The van der Waals surface area contributed by atoms with Gasteiger partial charge in [-0.1, -0.05) is 53.2 Å². The molecule has 0 bridgehead atoms. The molecule has 9 nitrogen and oxygen atoms in total. The van der Waals surface area contributed by atoms with E-state index in [1.165, 1.54) is 18.9 Å². The van der Waals surface area contributed by atoms with Gasteiger partial charge >= 0.3 is 11.9 Å². The van der Waals surface area contributed by atoms with Crippen LogP contribution in [0, 0.1) is 6.92 Å². The summed E-state index contributed by atoms with van der Waals surface area (Å²) in [7, 11) is 2.44. The highest BCUT2D eigenvalue weighted by Gasteiger charge is 2.28. The predicted molar refractivity (Wildman–Crippen MR) is 116 cm³/mol. The average Bonchev–Trinajstić information content (AvgIpc) is 3.44. The number of methoxy groups -OCH3 is 2. The van der Waals surface area contributed by atoms with Gasteiger partial charge in [0.25, 0.3) is 0 Å². The lowest BCUT2D eigenvalue weighted by Gasteiger charge is -2.07. The minimum Gasteiger partial charge on any atom is -0.464 e. The summed E-state index contributed by atoms with van der Waals surface area (Å²) in [6.07, 6.45) is 1.87. The lowest BCUT2D eigenvalue weighted by Crippen LogP contribution is -2.17. The molecule has 0 aliphatic heterocycles. The lowest BCUT2D eigenvalue weighted by atomic mass is 10.1. The van der Waals surface area contributed by atoms with Gasteiger partial charge in [0, 0.05) is 17.3 Å². The number of hydrogen-bond acceptors (Lipinski definition) is 7. The number of para-hydroxylation sites is 1. The predicted octanol–water partition coefficient (Wildman–Crippen LogP) is 3.06. The summed E-state index contributed by atoms with van der Waals surface area (Å²) in [5.41, 5.74) is 4.14. The topological polar surface area (TPSA) is 101 Å². The van der Waals surface area contributed by atoms with E-state index in [-0.39, 0.29) is 17.9 Å². The Morgan fingerprint density at radius 2 is 1.62 bits per heavy atom. The van der Waals surface area contributed by atoms with E-state index in [9.17, 15) is 9.59 Å². The Morgan fingerprint density at radius 3 is 2.28 bits per heavy atom. The van der Waals surface area contributed by atoms with Gasteiger partial charge in [-0.2, -0.15) is 5.10 Å². The van der Waals surface area contributed by atoms with E-state index in [1.54, 1.807) is 4.68 Å². The summed E-state index contributed by atoms with van der Waals surface area (Å²) >= 11 is 0. The number of nitrogens with zero attached hydrogens (tertiary/aromatic N) is 5. The molecule has 0 radical (unpaired) electrons. The van der Waals surface area contributed by atoms with Crippen LogP contribution in [0.4, 0.5) is 0 Å². The molecule has 0 aliphatic carbocycles. The maximum atomic E-state index is 12.4. The Balaban J connectivity index is 1.82. The average molecular weight is 431 g/mol. The Kier molecular flexibility index (Phi) is 5.80. The summed E-state index contributed by atoms with van der Waals surface area (Å²) in [6.45, 7) is 2.16. The van der Waals surface area contributed by atoms with E-state index in [0.29, 0.717) is 0 Å². The first-order valence-electron chi connectivity index (χ1n) is 9.83. The van der Waals surface area contributed by atoms with E-state index in [0.717, 1.165) is 28.1 Å². The van der Waals surface area contributed by atoms with Crippen molar-refractivity contribution in [2.75, 3.05) is 14.2 Å². The fourth-order valence-electron chi connectivity index (χ4n) is 3.31. The standard InChI is InChI=1S/C23H21N5O4/c1-15-9-11-16(12-10-15)19-17(13-27(25-19)18-7-5-4-6-8-18)14-28-21(23(30)32-3)20(24-26-28)22(29)31-2/h4-13H,14H2,1-3H3. The van der Waals surface area contributed by atoms with Crippen molar-refractivity contribution < 1.29 is 19.1 Å². The SMILES string of the molecule is COC(=O)c1nnn(Cc2cn(-c3ccccc3)nc2-c2ccc(C)cc2)c1C(=O)OC. The van der Waals surface area contributed by atoms with E-state index in [1.807, 2.05) is 67.7 Å². The van der Waals surface area contributed by atoms with E-state index >= 15 is 0 Å². The van der Waals surface area contributed by atoms with Crippen molar-refractivity contribution in [3.63, 3.8) is 0 Å². The number of ether oxygens (including phenoxy) is 2. The molecule has 2 aromatic heterocycles. The zero-order valence-electron chi connectivity index (χ0n) is 17.8. The van der Waals surface area contributed by atoms with E-state index in [4.69, 9.17) is 14.6 Å². The highest BCUT2D eigenvalue weighted by Crippen LogP contribution is 2.25. The summed E-state index contributed by atoms with van der Waals surface area (Å²) in [4.78, 5) is 24.5. The second-order valence-electron chi connectivity index (χ2n) is 7.08. The summed E-state index contributed by atoms with van der Waals surface area (Å²) in [5.74, 6) is -1.50. The summed E-state index contributed by atoms with van der Waals surface area (Å²) in [5, 5.41) is 12.6. The first-order chi connectivity index (χ1) is 15.5. The minimum atomic E-state index is -0.768. The maximum Gasteiger partial charge on any atom is 0.361 e. The lowest BCUT2D eigenvalue weighted by molar-refractivity contribution is 0.0544. The molecule has 162 valence electrons. The number of benzene rings is 2. The van der Waals surface area contributed by atoms with Gasteiger partial charge in [0.15, 0.2) is 5.69 Å². The molecule has 0 saturated heterocycles. The molecule has 0 amide bonds. The molecule has 0 atom stereocenters. The van der Waals surface area contributed by atoms with Gasteiger partial charge in [-0.05, 0) is 19.1 Å². The highest BCUT2D eigenvalue weighted by atomic mass is 16.5. The van der Waals surface area contributed by atoms with Gasteiger partial charge in [-0.3, -0.25) is 0 Å². The molecule has 0 unspecified atom stereocenters. The third kappa shape index (κ3) is 4.00. The van der Waals surface area contributed by atoms with Gasteiger partial charge in [0.1, 0.15) is 0 Å². The molecular weight excluding hydrogens is 410 g/mol. The van der Waals surface area contributed by atoms with Crippen LogP contribution in [-0.2, 0) is 16.0 Å². The van der Waals surface area contributed by atoms with Gasteiger partial charge in [0.05, 0.1) is 32.1 Å². The van der Waals surface area contributed by atoms with Crippen LogP contribution in [-0.4, -0.2) is 50.9 Å². The van der Waals surface area contributed by atoms with Crippen LogP contribution < -0.4 is 0 Å². The fourth-order valence-corrected chi connectivity index (χ4v) is 3.31. The largest absolute Gasteiger partial charge is 0.464 e. The number of aryl methyl sites for hydroxylation is 1. The Labute approximate surface area is 184 Å². The number of hydrogen-bond donors (Lipinski definition) is 0. The molecule has 0 aliphatic rings. The molecular formula is C23H21N5O4. The first-order valence-corrected chi connectivity index (χ1v) is 9.83. The highest BCUT2D eigenvalue weighted by molar-refractivity contribution is 6.00. The molecule has 4 rings (SSSR count). The molecule has 0 saturated carbocycles.